The Hall–Kier alpha value is -2.54. The Morgan fingerprint density at radius 2 is 1.08 bits per heavy atom. The minimum absolute atomic E-state index is 0.653. The number of hydrogen-bond acceptors (Lipinski definition) is 2. The maximum absolute atomic E-state index is 13.9. The molecule has 0 radical (unpaired) electrons. The van der Waals surface area contributed by atoms with Gasteiger partial charge < -0.3 is 0 Å². The highest BCUT2D eigenvalue weighted by Gasteiger charge is 2.21. The van der Waals surface area contributed by atoms with Gasteiger partial charge in [0.1, 0.15) is 0 Å². The molecule has 24 heavy (non-hydrogen) atoms. The molecule has 3 rings (SSSR count). The molecule has 0 amide bonds. The van der Waals surface area contributed by atoms with Gasteiger partial charge in [-0.1, -0.05) is 36.4 Å². The summed E-state index contributed by atoms with van der Waals surface area (Å²) in [5.74, 6) is -6.67. The Balaban J connectivity index is 2.27. The van der Waals surface area contributed by atoms with Gasteiger partial charge in [0.05, 0.1) is 0 Å². The van der Waals surface area contributed by atoms with Crippen LogP contribution >= 0.6 is 0 Å². The summed E-state index contributed by atoms with van der Waals surface area (Å²) in [6.45, 7) is 0. The van der Waals surface area contributed by atoms with Crippen molar-refractivity contribution in [3.05, 3.63) is 84.2 Å². The summed E-state index contributed by atoms with van der Waals surface area (Å²) in [6, 6.07) is 17.4. The second kappa shape index (κ2) is 6.92. The molecule has 0 fully saturated rings. The van der Waals surface area contributed by atoms with Crippen LogP contribution in [0.4, 0.5) is 23.2 Å². The van der Waals surface area contributed by atoms with Crippen LogP contribution in [-0.4, -0.2) is 4.98 Å². The highest BCUT2D eigenvalue weighted by Crippen LogP contribution is 2.29. The molecular weight excluding hydrogens is 340 g/mol. The van der Waals surface area contributed by atoms with Gasteiger partial charge in [0.15, 0.2) is 5.69 Å². The SMILES string of the molecule is Fc1nc(F)c(F)c(N=S(c2ccccc2)c2ccccc2)c1F. The Bertz CT molecular complexity index is 832. The Labute approximate surface area is 137 Å². The van der Waals surface area contributed by atoms with E-state index in [9.17, 15) is 17.6 Å². The number of pyridine rings is 1. The van der Waals surface area contributed by atoms with Gasteiger partial charge in [0.2, 0.25) is 11.6 Å². The van der Waals surface area contributed by atoms with Crippen LogP contribution in [-0.2, 0) is 10.7 Å². The van der Waals surface area contributed by atoms with E-state index in [4.69, 9.17) is 0 Å². The maximum Gasteiger partial charge on any atom is 0.254 e. The van der Waals surface area contributed by atoms with E-state index in [2.05, 4.69) is 9.35 Å². The molecule has 0 atom stereocenters. The minimum atomic E-state index is -1.72. The summed E-state index contributed by atoms with van der Waals surface area (Å²) in [4.78, 5) is 3.85. The van der Waals surface area contributed by atoms with Gasteiger partial charge in [0, 0.05) is 9.79 Å². The standard InChI is InChI=1S/C17H10F4N2S/c18-13-15(14(19)17(21)22-16(13)20)23-24(11-7-3-1-4-8-11)12-9-5-2-6-10-12/h1-10H. The molecule has 2 aromatic carbocycles. The van der Waals surface area contributed by atoms with Crippen molar-refractivity contribution in [2.75, 3.05) is 0 Å². The van der Waals surface area contributed by atoms with Crippen molar-refractivity contribution >= 4 is 16.4 Å². The molecule has 2 nitrogen and oxygen atoms in total. The molecule has 0 N–H and O–H groups in total. The lowest BCUT2D eigenvalue weighted by atomic mass is 10.4. The smallest absolute Gasteiger partial charge is 0.212 e. The average Bonchev–Trinajstić information content (AvgIpc) is 2.62. The molecule has 0 bridgehead atoms. The monoisotopic (exact) mass is 350 g/mol. The van der Waals surface area contributed by atoms with Crippen LogP contribution in [0.15, 0.2) is 74.8 Å². The fourth-order valence-electron chi connectivity index (χ4n) is 1.99. The summed E-state index contributed by atoms with van der Waals surface area (Å²) in [5, 5.41) is 0. The quantitative estimate of drug-likeness (QED) is 0.471. The third-order valence-corrected chi connectivity index (χ3v) is 4.89. The normalized spacial score (nSPS) is 10.9. The van der Waals surface area contributed by atoms with Crippen molar-refractivity contribution in [1.29, 1.82) is 0 Å². The molecule has 0 unspecified atom stereocenters. The number of hydrogen-bond donors (Lipinski definition) is 0. The second-order valence-electron chi connectivity index (χ2n) is 4.67. The maximum atomic E-state index is 13.9. The Kier molecular flexibility index (Phi) is 4.71. The summed E-state index contributed by atoms with van der Waals surface area (Å²) in [7, 11) is -1.16. The molecule has 1 heterocycles. The molecule has 0 spiro atoms. The molecule has 0 aliphatic rings. The predicted octanol–water partition coefficient (Wildman–Crippen LogP) is 5.19. The van der Waals surface area contributed by atoms with Gasteiger partial charge in [-0.05, 0) is 35.0 Å². The molecule has 3 aromatic rings. The molecule has 0 saturated heterocycles. The minimum Gasteiger partial charge on any atom is -0.212 e. The van der Waals surface area contributed by atoms with Gasteiger partial charge >= 0.3 is 0 Å². The van der Waals surface area contributed by atoms with E-state index in [1.54, 1.807) is 60.7 Å². The number of rotatable bonds is 3. The van der Waals surface area contributed by atoms with Crippen molar-refractivity contribution < 1.29 is 17.6 Å². The van der Waals surface area contributed by atoms with Crippen LogP contribution in [0, 0.1) is 23.5 Å². The molecule has 0 aliphatic carbocycles. The van der Waals surface area contributed by atoms with Crippen molar-refractivity contribution in [3.8, 4) is 0 Å². The van der Waals surface area contributed by atoms with Crippen LogP contribution in [0.5, 0.6) is 0 Å². The van der Waals surface area contributed by atoms with E-state index in [1.807, 2.05) is 0 Å². The van der Waals surface area contributed by atoms with Crippen molar-refractivity contribution in [2.24, 2.45) is 4.36 Å². The van der Waals surface area contributed by atoms with Crippen molar-refractivity contribution in [2.45, 2.75) is 9.79 Å². The summed E-state index contributed by atoms with van der Waals surface area (Å²) < 4.78 is 58.4. The largest absolute Gasteiger partial charge is 0.254 e. The first-order chi connectivity index (χ1) is 11.6. The molecule has 122 valence electrons. The van der Waals surface area contributed by atoms with Gasteiger partial charge in [0.25, 0.3) is 11.9 Å². The highest BCUT2D eigenvalue weighted by atomic mass is 32.2. The van der Waals surface area contributed by atoms with Gasteiger partial charge in [-0.15, -0.1) is 0 Å². The fourth-order valence-corrected chi connectivity index (χ4v) is 3.64. The molecular formula is C17H10F4N2S. The zero-order valence-electron chi connectivity index (χ0n) is 12.1. The highest BCUT2D eigenvalue weighted by molar-refractivity contribution is 7.87. The number of halogens is 4. The van der Waals surface area contributed by atoms with E-state index in [1.165, 1.54) is 0 Å². The Morgan fingerprint density at radius 1 is 0.667 bits per heavy atom. The van der Waals surface area contributed by atoms with E-state index in [0.29, 0.717) is 9.79 Å². The van der Waals surface area contributed by atoms with E-state index in [-0.39, 0.29) is 0 Å². The van der Waals surface area contributed by atoms with Gasteiger partial charge in [-0.2, -0.15) is 22.5 Å². The summed E-state index contributed by atoms with van der Waals surface area (Å²) in [6.07, 6.45) is 0. The second-order valence-corrected chi connectivity index (χ2v) is 6.37. The molecule has 0 saturated carbocycles. The first-order valence-electron chi connectivity index (χ1n) is 6.84. The van der Waals surface area contributed by atoms with Crippen LogP contribution in [0.2, 0.25) is 0 Å². The lowest BCUT2D eigenvalue weighted by Crippen LogP contribution is -2.01. The van der Waals surface area contributed by atoms with Crippen molar-refractivity contribution in [3.63, 3.8) is 0 Å². The number of benzene rings is 2. The fraction of sp³-hybridized carbons (Fsp3) is 0. The van der Waals surface area contributed by atoms with E-state index in [0.717, 1.165) is 0 Å². The van der Waals surface area contributed by atoms with E-state index < -0.39 is 39.9 Å². The predicted molar refractivity (Wildman–Crippen MR) is 82.9 cm³/mol. The third-order valence-electron chi connectivity index (χ3n) is 3.09. The first-order valence-corrected chi connectivity index (χ1v) is 8.02. The zero-order chi connectivity index (χ0) is 17.1. The van der Waals surface area contributed by atoms with E-state index >= 15 is 0 Å². The van der Waals surface area contributed by atoms with Gasteiger partial charge in [-0.25, -0.2) is 4.36 Å². The third kappa shape index (κ3) is 3.21. The Morgan fingerprint density at radius 3 is 1.50 bits per heavy atom. The summed E-state index contributed by atoms with van der Waals surface area (Å²) in [5.41, 5.74) is -1.00. The molecule has 0 aliphatic heterocycles. The first kappa shape index (κ1) is 16.3. The van der Waals surface area contributed by atoms with Crippen LogP contribution in [0.25, 0.3) is 0 Å². The topological polar surface area (TPSA) is 25.2 Å². The lowest BCUT2D eigenvalue weighted by molar-refractivity contribution is 0.410. The average molecular weight is 350 g/mol. The van der Waals surface area contributed by atoms with Crippen LogP contribution in [0.3, 0.4) is 0 Å². The van der Waals surface area contributed by atoms with Gasteiger partial charge in [-0.3, -0.25) is 0 Å². The lowest BCUT2D eigenvalue weighted by Gasteiger charge is -2.10. The zero-order valence-corrected chi connectivity index (χ0v) is 12.9. The molecule has 7 heteroatoms. The summed E-state index contributed by atoms with van der Waals surface area (Å²) >= 11 is 0. The van der Waals surface area contributed by atoms with Crippen LogP contribution in [0.1, 0.15) is 0 Å². The molecule has 1 aromatic heterocycles. The van der Waals surface area contributed by atoms with Crippen molar-refractivity contribution in [1.82, 2.24) is 4.98 Å². The number of aromatic nitrogens is 1. The number of nitrogens with zero attached hydrogens (tertiary/aromatic N) is 2. The van der Waals surface area contributed by atoms with Crippen LogP contribution < -0.4 is 0 Å².